The van der Waals surface area contributed by atoms with Crippen molar-refractivity contribution in [1.82, 2.24) is 24.7 Å². The monoisotopic (exact) mass is 399 g/mol. The molecule has 0 amide bonds. The summed E-state index contributed by atoms with van der Waals surface area (Å²) in [6, 6.07) is 11.5. The highest BCUT2D eigenvalue weighted by molar-refractivity contribution is 7.98. The standard InChI is InChI=1S/C18H14ClN5S2/c1-12-21-15(10-25-12)11-26-18-23-22-17(13-6-8-20-9-7-13)24(18)16-4-2-14(19)3-5-16/h2-10H,11H2,1H3. The van der Waals surface area contributed by atoms with Gasteiger partial charge in [-0.2, -0.15) is 0 Å². The molecule has 0 saturated carbocycles. The van der Waals surface area contributed by atoms with Gasteiger partial charge >= 0.3 is 0 Å². The van der Waals surface area contributed by atoms with E-state index in [4.69, 9.17) is 11.6 Å². The Morgan fingerprint density at radius 1 is 1.08 bits per heavy atom. The second-order valence-electron chi connectivity index (χ2n) is 5.50. The normalized spacial score (nSPS) is 11.0. The Labute approximate surface area is 164 Å². The summed E-state index contributed by atoms with van der Waals surface area (Å²) in [7, 11) is 0. The molecular weight excluding hydrogens is 386 g/mol. The van der Waals surface area contributed by atoms with Gasteiger partial charge < -0.3 is 0 Å². The maximum Gasteiger partial charge on any atom is 0.196 e. The summed E-state index contributed by atoms with van der Waals surface area (Å²) in [5, 5.41) is 13.5. The summed E-state index contributed by atoms with van der Waals surface area (Å²) >= 11 is 9.32. The Bertz CT molecular complexity index is 1010. The van der Waals surface area contributed by atoms with E-state index in [1.54, 1.807) is 35.5 Å². The van der Waals surface area contributed by atoms with Crippen molar-refractivity contribution in [2.75, 3.05) is 0 Å². The van der Waals surface area contributed by atoms with Crippen molar-refractivity contribution in [3.63, 3.8) is 0 Å². The molecular formula is C18H14ClN5S2. The highest BCUT2D eigenvalue weighted by Gasteiger charge is 2.16. The third kappa shape index (κ3) is 3.65. The van der Waals surface area contributed by atoms with E-state index < -0.39 is 0 Å². The molecule has 5 nitrogen and oxygen atoms in total. The Morgan fingerprint density at radius 3 is 2.54 bits per heavy atom. The van der Waals surface area contributed by atoms with Gasteiger partial charge in [0.15, 0.2) is 11.0 Å². The molecule has 0 aliphatic rings. The van der Waals surface area contributed by atoms with E-state index in [0.717, 1.165) is 38.7 Å². The molecule has 0 bridgehead atoms. The van der Waals surface area contributed by atoms with Crippen LogP contribution in [0.15, 0.2) is 59.3 Å². The Kier molecular flexibility index (Phi) is 5.01. The van der Waals surface area contributed by atoms with E-state index >= 15 is 0 Å². The maximum absolute atomic E-state index is 6.05. The molecule has 8 heteroatoms. The average molecular weight is 400 g/mol. The van der Waals surface area contributed by atoms with Gasteiger partial charge in [-0.15, -0.1) is 21.5 Å². The van der Waals surface area contributed by atoms with Crippen LogP contribution >= 0.6 is 34.7 Å². The van der Waals surface area contributed by atoms with Crippen molar-refractivity contribution < 1.29 is 0 Å². The van der Waals surface area contributed by atoms with Crippen LogP contribution < -0.4 is 0 Å². The van der Waals surface area contributed by atoms with Crippen LogP contribution in [0.2, 0.25) is 5.02 Å². The topological polar surface area (TPSA) is 56.5 Å². The molecule has 130 valence electrons. The lowest BCUT2D eigenvalue weighted by molar-refractivity contribution is 0.885. The maximum atomic E-state index is 6.05. The average Bonchev–Trinajstić information content (AvgIpc) is 3.27. The lowest BCUT2D eigenvalue weighted by Gasteiger charge is -2.10. The summed E-state index contributed by atoms with van der Waals surface area (Å²) in [4.78, 5) is 8.60. The molecule has 0 unspecified atom stereocenters. The second-order valence-corrected chi connectivity index (χ2v) is 7.94. The van der Waals surface area contributed by atoms with Crippen LogP contribution in [-0.2, 0) is 5.75 Å². The van der Waals surface area contributed by atoms with Gasteiger partial charge in [0, 0.05) is 39.8 Å². The number of thioether (sulfide) groups is 1. The molecule has 4 rings (SSSR count). The van der Waals surface area contributed by atoms with E-state index in [1.807, 2.05) is 47.9 Å². The Hall–Kier alpha value is -2.22. The largest absolute Gasteiger partial charge is 0.270 e. The molecule has 0 saturated heterocycles. The first kappa shape index (κ1) is 17.2. The van der Waals surface area contributed by atoms with E-state index in [9.17, 15) is 0 Å². The molecule has 3 aromatic heterocycles. The van der Waals surface area contributed by atoms with Crippen molar-refractivity contribution in [2.24, 2.45) is 0 Å². The number of hydrogen-bond donors (Lipinski definition) is 0. The number of thiazole rings is 1. The lowest BCUT2D eigenvalue weighted by atomic mass is 10.2. The third-order valence-electron chi connectivity index (χ3n) is 3.67. The van der Waals surface area contributed by atoms with E-state index in [1.165, 1.54) is 0 Å². The first-order valence-corrected chi connectivity index (χ1v) is 10.1. The van der Waals surface area contributed by atoms with Crippen LogP contribution in [0, 0.1) is 6.92 Å². The summed E-state index contributed by atoms with van der Waals surface area (Å²) in [6.45, 7) is 2.01. The predicted molar refractivity (Wildman–Crippen MR) is 106 cm³/mol. The number of halogens is 1. The fraction of sp³-hybridized carbons (Fsp3) is 0.111. The van der Waals surface area contributed by atoms with Crippen molar-refractivity contribution in [3.8, 4) is 17.1 Å². The molecule has 0 radical (unpaired) electrons. The lowest BCUT2D eigenvalue weighted by Crippen LogP contribution is -1.99. The van der Waals surface area contributed by atoms with Gasteiger partial charge in [-0.1, -0.05) is 23.4 Å². The number of aryl methyl sites for hydroxylation is 1. The zero-order chi connectivity index (χ0) is 17.9. The highest BCUT2D eigenvalue weighted by Crippen LogP contribution is 2.30. The van der Waals surface area contributed by atoms with Crippen LogP contribution in [0.5, 0.6) is 0 Å². The van der Waals surface area contributed by atoms with Crippen molar-refractivity contribution in [2.45, 2.75) is 17.8 Å². The van der Waals surface area contributed by atoms with Gasteiger partial charge in [-0.25, -0.2) is 4.98 Å². The van der Waals surface area contributed by atoms with Crippen molar-refractivity contribution in [1.29, 1.82) is 0 Å². The summed E-state index contributed by atoms with van der Waals surface area (Å²) < 4.78 is 2.04. The molecule has 0 atom stereocenters. The predicted octanol–water partition coefficient (Wildman–Crippen LogP) is 5.04. The van der Waals surface area contributed by atoms with Gasteiger partial charge in [0.05, 0.1) is 10.7 Å². The van der Waals surface area contributed by atoms with E-state index in [2.05, 4.69) is 25.5 Å². The number of hydrogen-bond acceptors (Lipinski definition) is 6. The van der Waals surface area contributed by atoms with Crippen molar-refractivity contribution in [3.05, 3.63) is 69.9 Å². The van der Waals surface area contributed by atoms with Gasteiger partial charge in [0.1, 0.15) is 0 Å². The Balaban J connectivity index is 1.73. The van der Waals surface area contributed by atoms with Crippen LogP contribution in [0.4, 0.5) is 0 Å². The van der Waals surface area contributed by atoms with Gasteiger partial charge in [0.25, 0.3) is 0 Å². The second kappa shape index (κ2) is 7.57. The molecule has 3 heterocycles. The minimum atomic E-state index is 0.694. The highest BCUT2D eigenvalue weighted by atomic mass is 35.5. The fourth-order valence-electron chi connectivity index (χ4n) is 2.49. The zero-order valence-electron chi connectivity index (χ0n) is 13.8. The SMILES string of the molecule is Cc1nc(CSc2nnc(-c3ccncc3)n2-c2ccc(Cl)cc2)cs1. The van der Waals surface area contributed by atoms with Gasteiger partial charge in [-0.3, -0.25) is 9.55 Å². The van der Waals surface area contributed by atoms with E-state index in [0.29, 0.717) is 5.02 Å². The minimum Gasteiger partial charge on any atom is -0.270 e. The summed E-state index contributed by atoms with van der Waals surface area (Å²) in [5.41, 5.74) is 2.97. The van der Waals surface area contributed by atoms with E-state index in [-0.39, 0.29) is 0 Å². The molecule has 0 fully saturated rings. The first-order chi connectivity index (χ1) is 12.7. The fourth-order valence-corrected chi connectivity index (χ4v) is 4.18. The molecule has 0 spiro atoms. The third-order valence-corrected chi connectivity index (χ3v) is 5.71. The van der Waals surface area contributed by atoms with Gasteiger partial charge in [0.2, 0.25) is 0 Å². The number of benzene rings is 1. The first-order valence-electron chi connectivity index (χ1n) is 7.86. The van der Waals surface area contributed by atoms with Crippen LogP contribution in [-0.4, -0.2) is 24.7 Å². The summed E-state index contributed by atoms with van der Waals surface area (Å²) in [6.07, 6.45) is 3.50. The molecule has 0 aliphatic carbocycles. The molecule has 26 heavy (non-hydrogen) atoms. The van der Waals surface area contributed by atoms with Gasteiger partial charge in [-0.05, 0) is 43.3 Å². The van der Waals surface area contributed by atoms with Crippen LogP contribution in [0.1, 0.15) is 10.7 Å². The zero-order valence-corrected chi connectivity index (χ0v) is 16.2. The number of pyridine rings is 1. The van der Waals surface area contributed by atoms with Crippen LogP contribution in [0.3, 0.4) is 0 Å². The molecule has 1 aromatic carbocycles. The molecule has 4 aromatic rings. The van der Waals surface area contributed by atoms with Crippen molar-refractivity contribution >= 4 is 34.7 Å². The van der Waals surface area contributed by atoms with Crippen LogP contribution in [0.25, 0.3) is 17.1 Å². The quantitative estimate of drug-likeness (QED) is 0.440. The Morgan fingerprint density at radius 2 is 1.85 bits per heavy atom. The molecule has 0 aliphatic heterocycles. The number of aromatic nitrogens is 5. The number of rotatable bonds is 5. The number of nitrogens with zero attached hydrogens (tertiary/aromatic N) is 5. The molecule has 0 N–H and O–H groups in total. The summed E-state index contributed by atoms with van der Waals surface area (Å²) in [5.74, 6) is 1.51. The minimum absolute atomic E-state index is 0.694. The smallest absolute Gasteiger partial charge is 0.196 e.